The molecule has 0 aromatic heterocycles. The summed E-state index contributed by atoms with van der Waals surface area (Å²) < 4.78 is 1.06. The highest BCUT2D eigenvalue weighted by molar-refractivity contribution is 9.10. The van der Waals surface area contributed by atoms with Gasteiger partial charge in [0.05, 0.1) is 0 Å². The van der Waals surface area contributed by atoms with Gasteiger partial charge in [-0.3, -0.25) is 4.79 Å². The summed E-state index contributed by atoms with van der Waals surface area (Å²) in [5.41, 5.74) is 5.03. The lowest BCUT2D eigenvalue weighted by Crippen LogP contribution is -2.10. The fraction of sp³-hybridized carbons (Fsp3) is 0.222. The van der Waals surface area contributed by atoms with E-state index in [1.807, 2.05) is 24.3 Å². The lowest BCUT2D eigenvalue weighted by atomic mass is 10.4. The number of primary amides is 1. The van der Waals surface area contributed by atoms with Gasteiger partial charge in [0.1, 0.15) is 0 Å². The first-order valence-electron chi connectivity index (χ1n) is 3.86. The van der Waals surface area contributed by atoms with E-state index < -0.39 is 0 Å². The van der Waals surface area contributed by atoms with Crippen molar-refractivity contribution in [2.75, 3.05) is 5.75 Å². The predicted octanol–water partition coefficient (Wildman–Crippen LogP) is 2.42. The molecule has 0 fully saturated rings. The molecule has 2 N–H and O–H groups in total. The second-order valence-corrected chi connectivity index (χ2v) is 4.49. The molecule has 0 aliphatic rings. The van der Waals surface area contributed by atoms with Crippen LogP contribution in [-0.4, -0.2) is 11.7 Å². The van der Waals surface area contributed by atoms with Crippen molar-refractivity contribution in [2.24, 2.45) is 5.73 Å². The zero-order chi connectivity index (χ0) is 9.68. The van der Waals surface area contributed by atoms with Crippen molar-refractivity contribution in [3.8, 4) is 0 Å². The van der Waals surface area contributed by atoms with Crippen LogP contribution in [0.15, 0.2) is 33.6 Å². The highest BCUT2D eigenvalue weighted by Crippen LogP contribution is 2.27. The standard InChI is InChI=1S/C9H10BrNOS/c10-7-3-1-2-4-8(7)13-6-5-9(11)12/h1-4H,5-6H2,(H2,11,12). The van der Waals surface area contributed by atoms with Gasteiger partial charge in [-0.05, 0) is 28.1 Å². The third-order valence-electron chi connectivity index (χ3n) is 1.44. The van der Waals surface area contributed by atoms with E-state index in [9.17, 15) is 4.79 Å². The SMILES string of the molecule is NC(=O)CCSc1ccccc1Br. The summed E-state index contributed by atoms with van der Waals surface area (Å²) in [5, 5.41) is 0. The summed E-state index contributed by atoms with van der Waals surface area (Å²) in [7, 11) is 0. The monoisotopic (exact) mass is 259 g/mol. The van der Waals surface area contributed by atoms with Crippen LogP contribution in [0.25, 0.3) is 0 Å². The van der Waals surface area contributed by atoms with E-state index in [1.165, 1.54) is 0 Å². The van der Waals surface area contributed by atoms with Gasteiger partial charge < -0.3 is 5.73 Å². The van der Waals surface area contributed by atoms with E-state index >= 15 is 0 Å². The quantitative estimate of drug-likeness (QED) is 0.845. The second-order valence-electron chi connectivity index (χ2n) is 2.50. The summed E-state index contributed by atoms with van der Waals surface area (Å²) in [6.45, 7) is 0. The molecular formula is C9H10BrNOS. The molecular weight excluding hydrogens is 250 g/mol. The smallest absolute Gasteiger partial charge is 0.218 e. The second kappa shape index (κ2) is 5.29. The minimum absolute atomic E-state index is 0.250. The van der Waals surface area contributed by atoms with Crippen molar-refractivity contribution in [1.82, 2.24) is 0 Å². The maximum Gasteiger partial charge on any atom is 0.218 e. The van der Waals surface area contributed by atoms with Crippen molar-refractivity contribution in [2.45, 2.75) is 11.3 Å². The Kier molecular flexibility index (Phi) is 4.32. The summed E-state index contributed by atoms with van der Waals surface area (Å²) in [6.07, 6.45) is 0.423. The molecule has 0 saturated heterocycles. The molecule has 1 rings (SSSR count). The minimum Gasteiger partial charge on any atom is -0.370 e. The Hall–Kier alpha value is -0.480. The van der Waals surface area contributed by atoms with Crippen molar-refractivity contribution in [1.29, 1.82) is 0 Å². The molecule has 1 aromatic carbocycles. The number of nitrogens with two attached hydrogens (primary N) is 1. The van der Waals surface area contributed by atoms with Gasteiger partial charge in [-0.1, -0.05) is 12.1 Å². The summed E-state index contributed by atoms with van der Waals surface area (Å²) >= 11 is 5.05. The molecule has 0 radical (unpaired) electrons. The van der Waals surface area contributed by atoms with Crippen molar-refractivity contribution >= 4 is 33.6 Å². The number of rotatable bonds is 4. The zero-order valence-corrected chi connectivity index (χ0v) is 9.40. The van der Waals surface area contributed by atoms with Crippen LogP contribution in [0.5, 0.6) is 0 Å². The number of hydrogen-bond acceptors (Lipinski definition) is 2. The first-order chi connectivity index (χ1) is 6.20. The largest absolute Gasteiger partial charge is 0.370 e. The van der Waals surface area contributed by atoms with Gasteiger partial charge >= 0.3 is 0 Å². The van der Waals surface area contributed by atoms with Crippen LogP contribution in [0, 0.1) is 0 Å². The van der Waals surface area contributed by atoms with Crippen molar-refractivity contribution < 1.29 is 4.79 Å². The van der Waals surface area contributed by atoms with Crippen LogP contribution in [0.2, 0.25) is 0 Å². The predicted molar refractivity (Wildman–Crippen MR) is 58.7 cm³/mol. The number of halogens is 1. The molecule has 70 valence electrons. The van der Waals surface area contributed by atoms with Crippen LogP contribution in [-0.2, 0) is 4.79 Å². The fourth-order valence-electron chi connectivity index (χ4n) is 0.823. The topological polar surface area (TPSA) is 43.1 Å². The maximum atomic E-state index is 10.5. The molecule has 0 saturated carbocycles. The molecule has 4 heteroatoms. The van der Waals surface area contributed by atoms with Crippen molar-refractivity contribution in [3.63, 3.8) is 0 Å². The number of benzene rings is 1. The van der Waals surface area contributed by atoms with Crippen LogP contribution >= 0.6 is 27.7 Å². The van der Waals surface area contributed by atoms with Gasteiger partial charge in [-0.15, -0.1) is 11.8 Å². The van der Waals surface area contributed by atoms with Crippen LogP contribution in [0.4, 0.5) is 0 Å². The van der Waals surface area contributed by atoms with Crippen LogP contribution < -0.4 is 5.73 Å². The maximum absolute atomic E-state index is 10.5. The zero-order valence-electron chi connectivity index (χ0n) is 7.00. The van der Waals surface area contributed by atoms with E-state index in [4.69, 9.17) is 5.73 Å². The molecule has 1 amide bonds. The number of carbonyl (C=O) groups is 1. The fourth-order valence-corrected chi connectivity index (χ4v) is 2.36. The first-order valence-corrected chi connectivity index (χ1v) is 5.63. The van der Waals surface area contributed by atoms with Gasteiger partial charge in [0.25, 0.3) is 0 Å². The minimum atomic E-state index is -0.250. The lowest BCUT2D eigenvalue weighted by molar-refractivity contribution is -0.117. The van der Waals surface area contributed by atoms with Gasteiger partial charge in [0.15, 0.2) is 0 Å². The first kappa shape index (κ1) is 10.6. The number of carbonyl (C=O) groups excluding carboxylic acids is 1. The third kappa shape index (κ3) is 3.83. The number of amides is 1. The van der Waals surface area contributed by atoms with E-state index in [-0.39, 0.29) is 5.91 Å². The summed E-state index contributed by atoms with van der Waals surface area (Å²) in [5.74, 6) is 0.484. The van der Waals surface area contributed by atoms with E-state index in [0.29, 0.717) is 6.42 Å². The molecule has 1 aromatic rings. The Morgan fingerprint density at radius 1 is 1.46 bits per heavy atom. The van der Waals surface area contributed by atoms with Crippen molar-refractivity contribution in [3.05, 3.63) is 28.7 Å². The molecule has 13 heavy (non-hydrogen) atoms. The Balaban J connectivity index is 2.45. The average Bonchev–Trinajstić information content (AvgIpc) is 2.08. The number of hydrogen-bond donors (Lipinski definition) is 1. The summed E-state index contributed by atoms with van der Waals surface area (Å²) in [6, 6.07) is 7.92. The molecule has 0 atom stereocenters. The van der Waals surface area contributed by atoms with E-state index in [1.54, 1.807) is 11.8 Å². The molecule has 0 unspecified atom stereocenters. The Bertz CT molecular complexity index is 303. The normalized spacial score (nSPS) is 9.92. The van der Waals surface area contributed by atoms with Gasteiger partial charge in [0, 0.05) is 21.5 Å². The Labute approximate surface area is 90.0 Å². The van der Waals surface area contributed by atoms with Gasteiger partial charge in [0.2, 0.25) is 5.91 Å². The van der Waals surface area contributed by atoms with Gasteiger partial charge in [-0.2, -0.15) is 0 Å². The molecule has 0 bridgehead atoms. The molecule has 0 heterocycles. The molecule has 0 aliphatic carbocycles. The highest BCUT2D eigenvalue weighted by Gasteiger charge is 2.00. The third-order valence-corrected chi connectivity index (χ3v) is 3.47. The Morgan fingerprint density at radius 2 is 2.15 bits per heavy atom. The molecule has 2 nitrogen and oxygen atoms in total. The average molecular weight is 260 g/mol. The van der Waals surface area contributed by atoms with Crippen LogP contribution in [0.1, 0.15) is 6.42 Å². The molecule has 0 aliphatic heterocycles. The van der Waals surface area contributed by atoms with E-state index in [0.717, 1.165) is 15.1 Å². The molecule has 0 spiro atoms. The lowest BCUT2D eigenvalue weighted by Gasteiger charge is -2.01. The van der Waals surface area contributed by atoms with Gasteiger partial charge in [-0.25, -0.2) is 0 Å². The van der Waals surface area contributed by atoms with E-state index in [2.05, 4.69) is 15.9 Å². The number of thioether (sulfide) groups is 1. The summed E-state index contributed by atoms with van der Waals surface area (Å²) in [4.78, 5) is 11.6. The Morgan fingerprint density at radius 3 is 2.77 bits per heavy atom. The highest BCUT2D eigenvalue weighted by atomic mass is 79.9. The van der Waals surface area contributed by atoms with Crippen LogP contribution in [0.3, 0.4) is 0 Å².